The maximum absolute atomic E-state index is 14.1. The third-order valence-electron chi connectivity index (χ3n) is 8.64. The van der Waals surface area contributed by atoms with Gasteiger partial charge >= 0.3 is 0 Å². The molecule has 3 N–H and O–H groups in total. The van der Waals surface area contributed by atoms with Gasteiger partial charge in [-0.05, 0) is 75.0 Å². The molecule has 39 heavy (non-hydrogen) atoms. The average Bonchev–Trinajstić information content (AvgIpc) is 3.14. The van der Waals surface area contributed by atoms with E-state index in [1.54, 1.807) is 18.5 Å². The van der Waals surface area contributed by atoms with E-state index in [0.29, 0.717) is 12.2 Å². The second-order valence-corrected chi connectivity index (χ2v) is 11.3. The van der Waals surface area contributed by atoms with Crippen LogP contribution in [0.3, 0.4) is 0 Å². The third kappa shape index (κ3) is 5.43. The Balaban J connectivity index is 1.45. The van der Waals surface area contributed by atoms with Crippen LogP contribution in [0, 0.1) is 30.9 Å². The number of pyridine rings is 1. The number of nitrogens with one attached hydrogen (secondary N) is 1. The predicted octanol–water partition coefficient (Wildman–Crippen LogP) is 4.72. The number of aryl methyl sites for hydroxylation is 2. The van der Waals surface area contributed by atoms with Gasteiger partial charge < -0.3 is 20.8 Å². The lowest BCUT2D eigenvalue weighted by molar-refractivity contribution is -0.606. The van der Waals surface area contributed by atoms with Crippen molar-refractivity contribution in [3.8, 4) is 11.1 Å². The van der Waals surface area contributed by atoms with Crippen molar-refractivity contribution in [2.75, 3.05) is 18.9 Å². The highest BCUT2D eigenvalue weighted by Gasteiger charge is 2.42. The van der Waals surface area contributed by atoms with E-state index in [-0.39, 0.29) is 23.8 Å². The van der Waals surface area contributed by atoms with E-state index in [4.69, 9.17) is 5.73 Å². The largest absolute Gasteiger partial charge is 0.619 e. The number of likely N-dealkylation sites (N-methyl/N-ethyl adjacent to an activating group) is 1. The molecule has 1 aromatic carbocycles. The van der Waals surface area contributed by atoms with Gasteiger partial charge in [-0.3, -0.25) is 14.5 Å². The number of aromatic nitrogens is 2. The molecule has 8 nitrogen and oxygen atoms in total. The van der Waals surface area contributed by atoms with Crippen molar-refractivity contribution in [1.29, 1.82) is 0 Å². The van der Waals surface area contributed by atoms with E-state index in [9.17, 15) is 14.8 Å². The van der Waals surface area contributed by atoms with Crippen LogP contribution in [0.5, 0.6) is 0 Å². The fourth-order valence-electron chi connectivity index (χ4n) is 6.83. The molecule has 3 aromatic rings. The minimum Gasteiger partial charge on any atom is -0.619 e. The van der Waals surface area contributed by atoms with Crippen LogP contribution < -0.4 is 15.8 Å². The van der Waals surface area contributed by atoms with E-state index < -0.39 is 5.91 Å². The quantitative estimate of drug-likeness (QED) is 0.274. The van der Waals surface area contributed by atoms with Crippen LogP contribution in [-0.2, 0) is 11.3 Å². The Morgan fingerprint density at radius 1 is 0.974 bits per heavy atom. The van der Waals surface area contributed by atoms with Crippen LogP contribution >= 0.6 is 0 Å². The third-order valence-corrected chi connectivity index (χ3v) is 8.64. The fraction of sp³-hybridized carbons (Fsp3) is 0.452. The molecular weight excluding hydrogens is 490 g/mol. The molecule has 2 aromatic heterocycles. The van der Waals surface area contributed by atoms with Crippen molar-refractivity contribution in [3.05, 3.63) is 76.5 Å². The summed E-state index contributed by atoms with van der Waals surface area (Å²) in [4.78, 5) is 28.5. The van der Waals surface area contributed by atoms with E-state index >= 15 is 0 Å². The van der Waals surface area contributed by atoms with E-state index in [1.807, 2.05) is 48.7 Å². The number of carbonyl (C=O) groups is 2. The van der Waals surface area contributed by atoms with Crippen molar-refractivity contribution in [1.82, 2.24) is 9.47 Å². The van der Waals surface area contributed by atoms with Gasteiger partial charge in [0.25, 0.3) is 5.91 Å². The van der Waals surface area contributed by atoms with Gasteiger partial charge in [0.15, 0.2) is 12.4 Å². The number of fused-ring (bicyclic) bond motifs is 1. The molecule has 3 heterocycles. The summed E-state index contributed by atoms with van der Waals surface area (Å²) in [5.74, 6) is -0.421. The molecule has 8 heteroatoms. The van der Waals surface area contributed by atoms with E-state index in [2.05, 4.69) is 17.3 Å². The fourth-order valence-corrected chi connectivity index (χ4v) is 6.83. The van der Waals surface area contributed by atoms with Crippen LogP contribution in [-0.4, -0.2) is 34.9 Å². The molecule has 2 amide bonds. The Morgan fingerprint density at radius 2 is 1.62 bits per heavy atom. The first-order valence-electron chi connectivity index (χ1n) is 14.1. The normalized spacial score (nSPS) is 19.2. The van der Waals surface area contributed by atoms with E-state index in [1.165, 1.54) is 12.8 Å². The zero-order chi connectivity index (χ0) is 27.7. The lowest BCUT2D eigenvalue weighted by Crippen LogP contribution is -2.46. The summed E-state index contributed by atoms with van der Waals surface area (Å²) in [7, 11) is 2.08. The molecule has 0 unspecified atom stereocenters. The minimum atomic E-state index is -0.436. The number of nitrogens with two attached hydrogens (primary N) is 1. The van der Waals surface area contributed by atoms with Gasteiger partial charge in [-0.2, -0.15) is 4.73 Å². The molecule has 0 saturated heterocycles. The van der Waals surface area contributed by atoms with Gasteiger partial charge in [0.1, 0.15) is 5.69 Å². The lowest BCUT2D eigenvalue weighted by atomic mass is 9.78. The highest BCUT2D eigenvalue weighted by atomic mass is 16.5. The summed E-state index contributed by atoms with van der Waals surface area (Å²) in [5, 5.41) is 15.0. The lowest BCUT2D eigenvalue weighted by Gasteiger charge is -2.41. The first-order chi connectivity index (χ1) is 18.7. The predicted molar refractivity (Wildman–Crippen MR) is 152 cm³/mol. The minimum absolute atomic E-state index is 0.0150. The number of primary amides is 1. The van der Waals surface area contributed by atoms with Crippen molar-refractivity contribution < 1.29 is 14.3 Å². The number of anilines is 1. The maximum atomic E-state index is 14.1. The van der Waals surface area contributed by atoms with Gasteiger partial charge in [0.05, 0.1) is 12.0 Å². The molecular formula is C31H39N5O3. The van der Waals surface area contributed by atoms with Gasteiger partial charge in [0, 0.05) is 35.6 Å². The Bertz CT molecular complexity index is 1330. The number of hydrogen-bond acceptors (Lipinski definition) is 4. The molecule has 0 spiro atoms. The van der Waals surface area contributed by atoms with Crippen LogP contribution in [0.2, 0.25) is 0 Å². The maximum Gasteiger partial charge on any atom is 0.265 e. The second kappa shape index (κ2) is 11.2. The summed E-state index contributed by atoms with van der Waals surface area (Å²) in [6, 6.07) is 11.5. The number of amides is 2. The molecule has 1 saturated carbocycles. The first-order valence-corrected chi connectivity index (χ1v) is 14.1. The number of nitrogens with zero attached hydrogens (tertiary/aromatic N) is 3. The number of benzene rings is 1. The zero-order valence-corrected chi connectivity index (χ0v) is 23.2. The molecule has 2 aliphatic rings. The number of carbonyl (C=O) groups excluding carboxylic acids is 2. The van der Waals surface area contributed by atoms with Crippen LogP contribution in [0.15, 0.2) is 48.8 Å². The van der Waals surface area contributed by atoms with Crippen molar-refractivity contribution >= 4 is 17.5 Å². The molecule has 1 aliphatic carbocycles. The van der Waals surface area contributed by atoms with Crippen LogP contribution in [0.25, 0.3) is 11.1 Å². The summed E-state index contributed by atoms with van der Waals surface area (Å²) in [5.41, 5.74) is 11.8. The highest BCUT2D eigenvalue weighted by Crippen LogP contribution is 2.42. The van der Waals surface area contributed by atoms with Crippen LogP contribution in [0.4, 0.5) is 5.69 Å². The second-order valence-electron chi connectivity index (χ2n) is 11.3. The van der Waals surface area contributed by atoms with Crippen molar-refractivity contribution in [2.24, 2.45) is 17.6 Å². The summed E-state index contributed by atoms with van der Waals surface area (Å²) in [6.07, 6.45) is 9.89. The smallest absolute Gasteiger partial charge is 0.265 e. The molecule has 0 radical (unpaired) electrons. The molecule has 5 rings (SSSR count). The van der Waals surface area contributed by atoms with Gasteiger partial charge in [-0.25, -0.2) is 0 Å². The Hall–Kier alpha value is -3.65. The SMILES string of the molecule is Cc1c[n+]([O-])cc(C)c1-c1ccc(NC(=O)[C@@H](C2CCCCCC2)[C@H]2c3ccc(C(N)=O)n3CCN2C)cc1. The summed E-state index contributed by atoms with van der Waals surface area (Å²) < 4.78 is 2.84. The monoisotopic (exact) mass is 529 g/mol. The molecule has 206 valence electrons. The first kappa shape index (κ1) is 26.9. The van der Waals surface area contributed by atoms with E-state index in [0.717, 1.165) is 70.6 Å². The summed E-state index contributed by atoms with van der Waals surface area (Å²) >= 11 is 0. The van der Waals surface area contributed by atoms with Gasteiger partial charge in [0.2, 0.25) is 5.91 Å². The average molecular weight is 530 g/mol. The number of hydrogen-bond donors (Lipinski definition) is 2. The zero-order valence-electron chi connectivity index (χ0n) is 23.2. The topological polar surface area (TPSA) is 107 Å². The highest BCUT2D eigenvalue weighted by molar-refractivity contribution is 5.94. The van der Waals surface area contributed by atoms with Crippen LogP contribution in [0.1, 0.15) is 71.9 Å². The number of rotatable bonds is 6. The Labute approximate surface area is 230 Å². The molecule has 2 atom stereocenters. The molecule has 1 fully saturated rings. The van der Waals surface area contributed by atoms with Gasteiger partial charge in [-0.15, -0.1) is 0 Å². The van der Waals surface area contributed by atoms with Crippen molar-refractivity contribution in [3.63, 3.8) is 0 Å². The molecule has 0 bridgehead atoms. The van der Waals surface area contributed by atoms with Crippen molar-refractivity contribution in [2.45, 2.75) is 65.0 Å². The molecule has 1 aliphatic heterocycles. The Kier molecular flexibility index (Phi) is 7.75. The summed E-state index contributed by atoms with van der Waals surface area (Å²) in [6.45, 7) is 5.30. The van der Waals surface area contributed by atoms with Gasteiger partial charge in [-0.1, -0.05) is 37.8 Å². The standard InChI is InChI=1S/C31H39N5O3/c1-20-18-35(39)19-21(2)27(20)23-10-12-24(13-11-23)33-31(38)28(22-8-6-4-5-7-9-22)29-25-14-15-26(30(32)37)36(25)17-16-34(29)3/h10-15,18-19,22,28-29H,4-9,16-17H2,1-3H3,(H2,32,37)(H,33,38)/t28-,29+/m0/s1. The Morgan fingerprint density at radius 3 is 2.23 bits per heavy atom.